The summed E-state index contributed by atoms with van der Waals surface area (Å²) in [6.07, 6.45) is 3.64. The van der Waals surface area contributed by atoms with Crippen LogP contribution in [-0.4, -0.2) is 59.8 Å². The number of ketones is 2. The smallest absolute Gasteiger partial charge is 0.404 e. The zero-order chi connectivity index (χ0) is 29.8. The number of nitrogens with zero attached hydrogens (tertiary/aromatic N) is 2. The van der Waals surface area contributed by atoms with Gasteiger partial charge in [-0.1, -0.05) is 33.1 Å². The maximum absolute atomic E-state index is 13.6. The van der Waals surface area contributed by atoms with Crippen molar-refractivity contribution in [3.05, 3.63) is 10.1 Å². The summed E-state index contributed by atoms with van der Waals surface area (Å²) in [4.78, 5) is 52.0. The number of amides is 1. The Kier molecular flexibility index (Phi) is 10.4. The molecule has 13 heteroatoms. The molecule has 2 bridgehead atoms. The number of hydrazine groups is 1. The first-order chi connectivity index (χ1) is 18.6. The van der Waals surface area contributed by atoms with Crippen molar-refractivity contribution in [2.45, 2.75) is 111 Å². The van der Waals surface area contributed by atoms with Crippen LogP contribution in [0.4, 0.5) is 0 Å². The number of nitro groups is 1. The molecule has 3 aliphatic carbocycles. The van der Waals surface area contributed by atoms with E-state index in [-0.39, 0.29) is 72.6 Å². The predicted octanol–water partition coefficient (Wildman–Crippen LogP) is 2.61. The van der Waals surface area contributed by atoms with Gasteiger partial charge in [0.2, 0.25) is 5.91 Å². The largest absolute Gasteiger partial charge is 0.481 e. The highest BCUT2D eigenvalue weighted by atomic mass is 16.7. The van der Waals surface area contributed by atoms with Gasteiger partial charge in [-0.2, -0.15) is 0 Å². The van der Waals surface area contributed by atoms with Crippen LogP contribution in [-0.2, 0) is 23.7 Å². The molecule has 1 saturated heterocycles. The molecule has 0 spiro atoms. The third kappa shape index (κ3) is 7.60. The molecule has 4 rings (SSSR count). The summed E-state index contributed by atoms with van der Waals surface area (Å²) in [6.45, 7) is 12.5. The van der Waals surface area contributed by atoms with Gasteiger partial charge in [0.1, 0.15) is 11.6 Å². The Morgan fingerprint density at radius 3 is 2.50 bits per heavy atom. The fourth-order valence-electron chi connectivity index (χ4n) is 6.80. The lowest BCUT2D eigenvalue weighted by molar-refractivity contribution is -0.525. The first-order valence-corrected chi connectivity index (χ1v) is 14.5. The van der Waals surface area contributed by atoms with Crippen molar-refractivity contribution in [2.24, 2.45) is 39.8 Å². The molecule has 0 aromatic rings. The Labute approximate surface area is 237 Å². The molecule has 1 heterocycles. The van der Waals surface area contributed by atoms with Gasteiger partial charge in [0.05, 0.1) is 17.6 Å². The summed E-state index contributed by atoms with van der Waals surface area (Å²) >= 11 is 0. The van der Waals surface area contributed by atoms with Crippen LogP contribution in [0, 0.1) is 39.2 Å². The summed E-state index contributed by atoms with van der Waals surface area (Å²) in [5, 5.41) is 12.9. The molecule has 6 atom stereocenters. The second kappa shape index (κ2) is 13.0. The number of nitrogens with two attached hydrogens (primary N) is 1. The van der Waals surface area contributed by atoms with E-state index in [4.69, 9.17) is 15.0 Å². The van der Waals surface area contributed by atoms with Gasteiger partial charge in [-0.15, -0.1) is 0 Å². The number of carbonyl (C=O) groups excluding carboxylic acids is 3. The van der Waals surface area contributed by atoms with Gasteiger partial charge in [0, 0.05) is 31.7 Å². The van der Waals surface area contributed by atoms with Crippen molar-refractivity contribution in [3.8, 4) is 0 Å². The van der Waals surface area contributed by atoms with Crippen molar-refractivity contribution in [1.82, 2.24) is 10.7 Å². The summed E-state index contributed by atoms with van der Waals surface area (Å²) in [5.74, 6) is -0.620. The molecule has 1 aliphatic heterocycles. The summed E-state index contributed by atoms with van der Waals surface area (Å²) < 4.78 is 13.1. The van der Waals surface area contributed by atoms with E-state index >= 15 is 0 Å². The second-order valence-corrected chi connectivity index (χ2v) is 13.0. The Morgan fingerprint density at radius 1 is 1.20 bits per heavy atom. The van der Waals surface area contributed by atoms with Crippen molar-refractivity contribution in [3.63, 3.8) is 0 Å². The lowest BCUT2D eigenvalue weighted by Gasteiger charge is -2.64. The number of guanidine groups is 1. The summed E-state index contributed by atoms with van der Waals surface area (Å²) in [6, 6.07) is 0. The number of aliphatic imine (C=N–C) groups is 1. The molecule has 0 aromatic carbocycles. The minimum Gasteiger partial charge on any atom is -0.404 e. The molecule has 4 aliphatic rings. The average Bonchev–Trinajstić information content (AvgIpc) is 3.20. The average molecular weight is 564 g/mol. The normalized spacial score (nSPS) is 28.3. The van der Waals surface area contributed by atoms with E-state index in [9.17, 15) is 24.5 Å². The van der Waals surface area contributed by atoms with Crippen LogP contribution in [0.2, 0.25) is 0 Å². The van der Waals surface area contributed by atoms with Crippen LogP contribution in [0.15, 0.2) is 4.99 Å². The van der Waals surface area contributed by atoms with Crippen LogP contribution in [0.3, 0.4) is 0 Å². The Hall–Kier alpha value is -2.54. The third-order valence-electron chi connectivity index (χ3n) is 9.15. The molecule has 4 fully saturated rings. The maximum atomic E-state index is 13.6. The van der Waals surface area contributed by atoms with E-state index < -0.39 is 23.7 Å². The van der Waals surface area contributed by atoms with Gasteiger partial charge in [-0.3, -0.25) is 9.59 Å². The molecule has 224 valence electrons. The molecule has 1 amide bonds. The molecular formula is C27H46BN5O7. The molecule has 4 N–H and O–H groups in total. The third-order valence-corrected chi connectivity index (χ3v) is 9.15. The minimum absolute atomic E-state index is 0.00940. The lowest BCUT2D eigenvalue weighted by atomic mass is 9.43. The molecule has 40 heavy (non-hydrogen) atoms. The number of rotatable bonds is 15. The van der Waals surface area contributed by atoms with E-state index in [1.807, 2.05) is 0 Å². The first-order valence-electron chi connectivity index (χ1n) is 14.5. The van der Waals surface area contributed by atoms with Crippen LogP contribution in [0.25, 0.3) is 0 Å². The molecular weight excluding hydrogens is 517 g/mol. The number of carbonyl (C=O) groups is 3. The SMILES string of the molecule is CC(=O)CCC(=O)C[C@@H](CCCN=C(N)N[N+](=O)[O-])C(=O)N[C@@H](CC(C)C)B1O[C@@H]2C[C@H]3C[C@H](C3(C)C)[C@]2(C)O1. The van der Waals surface area contributed by atoms with Gasteiger partial charge in [0.15, 0.2) is 5.03 Å². The number of nitrogens with one attached hydrogen (secondary N) is 2. The minimum atomic E-state index is -0.800. The zero-order valence-electron chi connectivity index (χ0n) is 24.7. The highest BCUT2D eigenvalue weighted by Crippen LogP contribution is 2.65. The van der Waals surface area contributed by atoms with Gasteiger partial charge in [0.25, 0.3) is 5.96 Å². The maximum Gasteiger partial charge on any atom is 0.481 e. The van der Waals surface area contributed by atoms with Gasteiger partial charge in [-0.25, -0.2) is 15.1 Å². The number of Topliss-reactive ketones (excluding diaryl/α,β-unsaturated/α-hetero) is 2. The lowest BCUT2D eigenvalue weighted by Crippen LogP contribution is -2.65. The second-order valence-electron chi connectivity index (χ2n) is 13.0. The zero-order valence-corrected chi connectivity index (χ0v) is 24.7. The van der Waals surface area contributed by atoms with E-state index in [0.29, 0.717) is 31.1 Å². The van der Waals surface area contributed by atoms with Crippen LogP contribution in [0.5, 0.6) is 0 Å². The van der Waals surface area contributed by atoms with Crippen molar-refractivity contribution in [1.29, 1.82) is 0 Å². The Balaban J connectivity index is 1.69. The van der Waals surface area contributed by atoms with E-state index in [1.54, 1.807) is 5.43 Å². The van der Waals surface area contributed by atoms with E-state index in [1.165, 1.54) is 6.92 Å². The number of hydrogen-bond donors (Lipinski definition) is 3. The van der Waals surface area contributed by atoms with Gasteiger partial charge in [-0.05, 0) is 69.1 Å². The molecule has 0 radical (unpaired) electrons. The van der Waals surface area contributed by atoms with Crippen LogP contribution < -0.4 is 16.5 Å². The molecule has 0 unspecified atom stereocenters. The topological polar surface area (TPSA) is 175 Å². The Morgan fingerprint density at radius 2 is 1.90 bits per heavy atom. The monoisotopic (exact) mass is 563 g/mol. The Bertz CT molecular complexity index is 1010. The summed E-state index contributed by atoms with van der Waals surface area (Å²) in [5.41, 5.74) is 7.06. The summed E-state index contributed by atoms with van der Waals surface area (Å²) in [7, 11) is -0.580. The van der Waals surface area contributed by atoms with E-state index in [2.05, 4.69) is 44.9 Å². The first kappa shape index (κ1) is 32.0. The fourth-order valence-corrected chi connectivity index (χ4v) is 6.80. The quantitative estimate of drug-likeness (QED) is 0.0675. The highest BCUT2D eigenvalue weighted by Gasteiger charge is 2.68. The highest BCUT2D eigenvalue weighted by molar-refractivity contribution is 6.47. The fraction of sp³-hybridized carbons (Fsp3) is 0.852. The van der Waals surface area contributed by atoms with Crippen molar-refractivity contribution >= 4 is 30.6 Å². The van der Waals surface area contributed by atoms with Gasteiger partial charge >= 0.3 is 7.12 Å². The molecule has 0 aromatic heterocycles. The van der Waals surface area contributed by atoms with Crippen molar-refractivity contribution in [2.75, 3.05) is 6.54 Å². The van der Waals surface area contributed by atoms with Crippen LogP contribution >= 0.6 is 0 Å². The van der Waals surface area contributed by atoms with Gasteiger partial charge < -0.3 is 25.2 Å². The van der Waals surface area contributed by atoms with Crippen LogP contribution in [0.1, 0.15) is 92.9 Å². The number of hydrogen-bond acceptors (Lipinski definition) is 8. The molecule has 12 nitrogen and oxygen atoms in total. The molecule has 3 saturated carbocycles. The van der Waals surface area contributed by atoms with E-state index in [0.717, 1.165) is 12.8 Å². The standard InChI is InChI=1S/C27H46BN5O7/c1-16(2)12-23(28-39-22-15-19-14-21(26(19,4)5)27(22,6)40-28)31-24(36)18(13-20(35)10-9-17(3)34)8-7-11-30-25(29)32-33(37)38/h16,18-19,21-23H,7-15H2,1-6H3,(H,31,36)(H3,29,30,32)/t18-,19-,21-,22-,23+,27+/m1/s1. The van der Waals surface area contributed by atoms with Crippen molar-refractivity contribution < 1.29 is 28.7 Å². The predicted molar refractivity (Wildman–Crippen MR) is 150 cm³/mol.